The Morgan fingerprint density at radius 2 is 1.72 bits per heavy atom. The first-order chi connectivity index (χ1) is 12.1. The minimum atomic E-state index is 0.163. The fourth-order valence-corrected chi connectivity index (χ4v) is 2.38. The molecule has 25 heavy (non-hydrogen) atoms. The summed E-state index contributed by atoms with van der Waals surface area (Å²) in [5, 5.41) is 6.49. The average Bonchev–Trinajstić information content (AvgIpc) is 2.57. The Morgan fingerprint density at radius 1 is 0.920 bits per heavy atom. The summed E-state index contributed by atoms with van der Waals surface area (Å²) >= 11 is 0. The van der Waals surface area contributed by atoms with Gasteiger partial charge in [-0.3, -0.25) is 0 Å². The first-order valence-electron chi connectivity index (χ1n) is 8.29. The van der Waals surface area contributed by atoms with Crippen LogP contribution in [0.1, 0.15) is 19.4 Å². The number of ether oxygens (including phenoxy) is 1. The van der Waals surface area contributed by atoms with Crippen LogP contribution in [0.25, 0.3) is 0 Å². The van der Waals surface area contributed by atoms with Crippen LogP contribution in [0.3, 0.4) is 0 Å². The van der Waals surface area contributed by atoms with E-state index in [0.29, 0.717) is 5.95 Å². The predicted octanol–water partition coefficient (Wildman–Crippen LogP) is 5.06. The lowest BCUT2D eigenvalue weighted by atomic mass is 10.2. The molecule has 0 aliphatic carbocycles. The van der Waals surface area contributed by atoms with E-state index in [-0.39, 0.29) is 6.10 Å². The summed E-state index contributed by atoms with van der Waals surface area (Å²) in [5.41, 5.74) is 3.09. The molecular formula is C20H22N4O. The molecule has 5 heteroatoms. The van der Waals surface area contributed by atoms with Crippen molar-refractivity contribution >= 4 is 23.1 Å². The van der Waals surface area contributed by atoms with Gasteiger partial charge in [0.25, 0.3) is 0 Å². The van der Waals surface area contributed by atoms with E-state index in [1.54, 1.807) is 6.20 Å². The van der Waals surface area contributed by atoms with Crippen molar-refractivity contribution in [2.24, 2.45) is 0 Å². The third kappa shape index (κ3) is 4.94. The SMILES string of the molecule is Cc1cccc(Nc2nccc(Nc3ccc(OC(C)C)cc3)n2)c1. The number of aryl methyl sites for hydroxylation is 1. The zero-order valence-electron chi connectivity index (χ0n) is 14.7. The summed E-state index contributed by atoms with van der Waals surface area (Å²) in [6, 6.07) is 17.7. The third-order valence-electron chi connectivity index (χ3n) is 3.43. The van der Waals surface area contributed by atoms with E-state index < -0.39 is 0 Å². The second-order valence-electron chi connectivity index (χ2n) is 6.08. The average molecular weight is 334 g/mol. The number of benzene rings is 2. The molecule has 2 N–H and O–H groups in total. The number of nitrogens with zero attached hydrogens (tertiary/aromatic N) is 2. The number of aromatic nitrogens is 2. The molecular weight excluding hydrogens is 312 g/mol. The maximum Gasteiger partial charge on any atom is 0.229 e. The summed E-state index contributed by atoms with van der Waals surface area (Å²) in [4.78, 5) is 8.77. The third-order valence-corrected chi connectivity index (χ3v) is 3.43. The standard InChI is InChI=1S/C20H22N4O/c1-14(2)25-18-9-7-16(8-10-18)22-19-11-12-21-20(24-19)23-17-6-4-5-15(3)13-17/h4-14H,1-3H3,(H2,21,22,23,24). The van der Waals surface area contributed by atoms with E-state index in [0.717, 1.165) is 22.9 Å². The lowest BCUT2D eigenvalue weighted by molar-refractivity contribution is 0.242. The van der Waals surface area contributed by atoms with Crippen molar-refractivity contribution in [3.8, 4) is 5.75 Å². The summed E-state index contributed by atoms with van der Waals surface area (Å²) in [6.45, 7) is 6.07. The van der Waals surface area contributed by atoms with Crippen LogP contribution in [0.4, 0.5) is 23.1 Å². The van der Waals surface area contributed by atoms with Crippen LogP contribution >= 0.6 is 0 Å². The topological polar surface area (TPSA) is 59.1 Å². The molecule has 0 bridgehead atoms. The second kappa shape index (κ2) is 7.66. The largest absolute Gasteiger partial charge is 0.491 e. The van der Waals surface area contributed by atoms with Gasteiger partial charge < -0.3 is 15.4 Å². The molecule has 1 aromatic heterocycles. The van der Waals surface area contributed by atoms with Crippen molar-refractivity contribution in [3.63, 3.8) is 0 Å². The number of anilines is 4. The lowest BCUT2D eigenvalue weighted by Gasteiger charge is -2.11. The van der Waals surface area contributed by atoms with Crippen molar-refractivity contribution in [1.82, 2.24) is 9.97 Å². The van der Waals surface area contributed by atoms with Gasteiger partial charge in [-0.25, -0.2) is 4.98 Å². The number of hydrogen-bond acceptors (Lipinski definition) is 5. The van der Waals surface area contributed by atoms with Gasteiger partial charge in [0.05, 0.1) is 6.10 Å². The molecule has 3 rings (SSSR count). The van der Waals surface area contributed by atoms with Gasteiger partial charge in [-0.1, -0.05) is 12.1 Å². The van der Waals surface area contributed by atoms with Crippen molar-refractivity contribution in [2.45, 2.75) is 26.9 Å². The summed E-state index contributed by atoms with van der Waals surface area (Å²) in [5.74, 6) is 2.13. The van der Waals surface area contributed by atoms with Gasteiger partial charge in [0, 0.05) is 17.6 Å². The fourth-order valence-electron chi connectivity index (χ4n) is 2.38. The van der Waals surface area contributed by atoms with Crippen molar-refractivity contribution in [3.05, 3.63) is 66.4 Å². The summed E-state index contributed by atoms with van der Waals surface area (Å²) in [6.07, 6.45) is 1.89. The van der Waals surface area contributed by atoms with E-state index in [1.807, 2.05) is 56.3 Å². The van der Waals surface area contributed by atoms with Crippen LogP contribution in [0.5, 0.6) is 5.75 Å². The number of rotatable bonds is 6. The van der Waals surface area contributed by atoms with Crippen molar-refractivity contribution in [1.29, 1.82) is 0 Å². The first-order valence-corrected chi connectivity index (χ1v) is 8.29. The van der Waals surface area contributed by atoms with Crippen LogP contribution in [0.15, 0.2) is 60.8 Å². The molecule has 128 valence electrons. The molecule has 0 fully saturated rings. The molecule has 0 spiro atoms. The fraction of sp³-hybridized carbons (Fsp3) is 0.200. The molecule has 2 aromatic carbocycles. The van der Waals surface area contributed by atoms with Gasteiger partial charge in [0.1, 0.15) is 11.6 Å². The molecule has 0 amide bonds. The quantitative estimate of drug-likeness (QED) is 0.660. The Kier molecular flexibility index (Phi) is 5.14. The minimum Gasteiger partial charge on any atom is -0.491 e. The van der Waals surface area contributed by atoms with Crippen molar-refractivity contribution in [2.75, 3.05) is 10.6 Å². The smallest absolute Gasteiger partial charge is 0.229 e. The Hall–Kier alpha value is -3.08. The zero-order valence-corrected chi connectivity index (χ0v) is 14.7. The Morgan fingerprint density at radius 3 is 2.44 bits per heavy atom. The molecule has 0 aliphatic heterocycles. The van der Waals surface area contributed by atoms with E-state index in [1.165, 1.54) is 5.56 Å². The summed E-state index contributed by atoms with van der Waals surface area (Å²) < 4.78 is 5.65. The van der Waals surface area contributed by atoms with E-state index >= 15 is 0 Å². The molecule has 0 saturated heterocycles. The number of hydrogen-bond donors (Lipinski definition) is 2. The van der Waals surface area contributed by atoms with Crippen molar-refractivity contribution < 1.29 is 4.74 Å². The molecule has 0 saturated carbocycles. The van der Waals surface area contributed by atoms with Gasteiger partial charge >= 0.3 is 0 Å². The molecule has 5 nitrogen and oxygen atoms in total. The normalized spacial score (nSPS) is 10.6. The second-order valence-corrected chi connectivity index (χ2v) is 6.08. The highest BCUT2D eigenvalue weighted by Crippen LogP contribution is 2.21. The Labute approximate surface area is 148 Å². The monoisotopic (exact) mass is 334 g/mol. The molecule has 0 unspecified atom stereocenters. The van der Waals surface area contributed by atoms with Gasteiger partial charge in [0.2, 0.25) is 5.95 Å². The molecule has 0 aliphatic rings. The predicted molar refractivity (Wildman–Crippen MR) is 102 cm³/mol. The highest BCUT2D eigenvalue weighted by Gasteiger charge is 2.02. The molecule has 0 radical (unpaired) electrons. The van der Waals surface area contributed by atoms with E-state index in [2.05, 4.69) is 39.7 Å². The van der Waals surface area contributed by atoms with Gasteiger partial charge in [0.15, 0.2) is 0 Å². The highest BCUT2D eigenvalue weighted by molar-refractivity contribution is 5.60. The van der Waals surface area contributed by atoms with Crippen LogP contribution in [0.2, 0.25) is 0 Å². The van der Waals surface area contributed by atoms with Crippen LogP contribution in [0, 0.1) is 6.92 Å². The van der Waals surface area contributed by atoms with E-state index in [4.69, 9.17) is 4.74 Å². The van der Waals surface area contributed by atoms with Gasteiger partial charge in [-0.05, 0) is 68.8 Å². The van der Waals surface area contributed by atoms with Gasteiger partial charge in [-0.2, -0.15) is 4.98 Å². The van der Waals surface area contributed by atoms with Crippen LogP contribution < -0.4 is 15.4 Å². The Balaban J connectivity index is 1.69. The minimum absolute atomic E-state index is 0.163. The van der Waals surface area contributed by atoms with E-state index in [9.17, 15) is 0 Å². The van der Waals surface area contributed by atoms with Crippen LogP contribution in [-0.2, 0) is 0 Å². The highest BCUT2D eigenvalue weighted by atomic mass is 16.5. The van der Waals surface area contributed by atoms with Crippen LogP contribution in [-0.4, -0.2) is 16.1 Å². The molecule has 3 aromatic rings. The first kappa shape index (κ1) is 16.8. The lowest BCUT2D eigenvalue weighted by Crippen LogP contribution is -2.05. The molecule has 1 heterocycles. The van der Waals surface area contributed by atoms with Gasteiger partial charge in [-0.15, -0.1) is 0 Å². The number of nitrogens with one attached hydrogen (secondary N) is 2. The Bertz CT molecular complexity index is 831. The zero-order chi connectivity index (χ0) is 17.6. The summed E-state index contributed by atoms with van der Waals surface area (Å²) in [7, 11) is 0. The molecule has 0 atom stereocenters. The maximum absolute atomic E-state index is 5.65. The maximum atomic E-state index is 5.65.